The molecule has 0 radical (unpaired) electrons. The number of nitrogen functional groups attached to an aromatic ring is 1. The van der Waals surface area contributed by atoms with Gasteiger partial charge >= 0.3 is 0 Å². The van der Waals surface area contributed by atoms with Gasteiger partial charge < -0.3 is 5.73 Å². The lowest BCUT2D eigenvalue weighted by atomic mass is 9.92. The van der Waals surface area contributed by atoms with Crippen LogP contribution in [-0.2, 0) is 6.54 Å². The lowest BCUT2D eigenvalue weighted by molar-refractivity contribution is 0.230. The van der Waals surface area contributed by atoms with Gasteiger partial charge in [-0.05, 0) is 42.6 Å². The van der Waals surface area contributed by atoms with Crippen LogP contribution in [0.25, 0.3) is 0 Å². The van der Waals surface area contributed by atoms with E-state index < -0.39 is 0 Å². The molecule has 0 unspecified atom stereocenters. The molecular weight excluding hydrogens is 208 g/mol. The van der Waals surface area contributed by atoms with Gasteiger partial charge in [0.05, 0.1) is 0 Å². The molecule has 0 aromatic heterocycles. The maximum Gasteiger partial charge on any atom is 0.0314 e. The summed E-state index contributed by atoms with van der Waals surface area (Å²) in [6.07, 6.45) is 1.23. The number of benzene rings is 1. The van der Waals surface area contributed by atoms with Gasteiger partial charge in [-0.25, -0.2) is 0 Å². The monoisotopic (exact) mass is 234 g/mol. The number of rotatable bonds is 5. The molecule has 17 heavy (non-hydrogen) atoms. The number of hydrogen-bond acceptors (Lipinski definition) is 2. The SMILES string of the molecule is CCN(CCC(C)(C)C)Cc1ccc(N)cc1. The van der Waals surface area contributed by atoms with Gasteiger partial charge in [-0.3, -0.25) is 4.90 Å². The second kappa shape index (κ2) is 6.06. The summed E-state index contributed by atoms with van der Waals surface area (Å²) in [7, 11) is 0. The minimum atomic E-state index is 0.411. The predicted octanol–water partition coefficient (Wildman–Crippen LogP) is 3.53. The third-order valence-electron chi connectivity index (χ3n) is 3.01. The van der Waals surface area contributed by atoms with Crippen molar-refractivity contribution >= 4 is 5.69 Å². The van der Waals surface area contributed by atoms with Crippen LogP contribution in [-0.4, -0.2) is 18.0 Å². The Morgan fingerprint density at radius 1 is 1.12 bits per heavy atom. The standard InChI is InChI=1S/C15H26N2/c1-5-17(11-10-15(2,3)4)12-13-6-8-14(16)9-7-13/h6-9H,5,10-12,16H2,1-4H3. The van der Waals surface area contributed by atoms with Crippen molar-refractivity contribution in [1.29, 1.82) is 0 Å². The Kier molecular flexibility index (Phi) is 5.01. The molecule has 1 rings (SSSR count). The van der Waals surface area contributed by atoms with Crippen LogP contribution >= 0.6 is 0 Å². The van der Waals surface area contributed by atoms with Gasteiger partial charge in [0.1, 0.15) is 0 Å². The molecule has 0 saturated heterocycles. The first-order valence-electron chi connectivity index (χ1n) is 6.47. The van der Waals surface area contributed by atoms with Crippen molar-refractivity contribution < 1.29 is 0 Å². The molecule has 0 bridgehead atoms. The summed E-state index contributed by atoms with van der Waals surface area (Å²) >= 11 is 0. The molecule has 0 aliphatic heterocycles. The van der Waals surface area contributed by atoms with Crippen molar-refractivity contribution in [2.24, 2.45) is 5.41 Å². The lowest BCUT2D eigenvalue weighted by Crippen LogP contribution is -2.27. The van der Waals surface area contributed by atoms with Crippen molar-refractivity contribution in [3.05, 3.63) is 29.8 Å². The van der Waals surface area contributed by atoms with E-state index in [1.54, 1.807) is 0 Å². The zero-order valence-corrected chi connectivity index (χ0v) is 11.7. The Morgan fingerprint density at radius 2 is 1.71 bits per heavy atom. The molecule has 0 spiro atoms. The minimum absolute atomic E-state index is 0.411. The van der Waals surface area contributed by atoms with Gasteiger partial charge in [-0.15, -0.1) is 0 Å². The quantitative estimate of drug-likeness (QED) is 0.790. The first-order valence-corrected chi connectivity index (χ1v) is 6.47. The van der Waals surface area contributed by atoms with Crippen LogP contribution in [0.3, 0.4) is 0 Å². The first-order chi connectivity index (χ1) is 7.90. The molecule has 0 fully saturated rings. The Bertz CT molecular complexity index is 322. The summed E-state index contributed by atoms with van der Waals surface area (Å²) in [4.78, 5) is 2.48. The van der Waals surface area contributed by atoms with Crippen molar-refractivity contribution in [2.45, 2.75) is 40.7 Å². The fourth-order valence-corrected chi connectivity index (χ4v) is 1.72. The number of nitrogens with two attached hydrogens (primary N) is 1. The van der Waals surface area contributed by atoms with Crippen molar-refractivity contribution in [3.63, 3.8) is 0 Å². The van der Waals surface area contributed by atoms with E-state index in [9.17, 15) is 0 Å². The molecule has 1 aromatic rings. The van der Waals surface area contributed by atoms with E-state index in [1.807, 2.05) is 12.1 Å². The summed E-state index contributed by atoms with van der Waals surface area (Å²) in [6, 6.07) is 8.20. The number of hydrogen-bond donors (Lipinski definition) is 1. The third-order valence-corrected chi connectivity index (χ3v) is 3.01. The van der Waals surface area contributed by atoms with E-state index in [-0.39, 0.29) is 0 Å². The van der Waals surface area contributed by atoms with Gasteiger partial charge in [-0.2, -0.15) is 0 Å². The van der Waals surface area contributed by atoms with Crippen LogP contribution in [0.15, 0.2) is 24.3 Å². The lowest BCUT2D eigenvalue weighted by Gasteiger charge is -2.25. The zero-order chi connectivity index (χ0) is 12.9. The van der Waals surface area contributed by atoms with Crippen LogP contribution in [0.5, 0.6) is 0 Å². The van der Waals surface area contributed by atoms with Crippen LogP contribution < -0.4 is 5.73 Å². The first kappa shape index (κ1) is 14.0. The molecule has 96 valence electrons. The van der Waals surface area contributed by atoms with Crippen LogP contribution in [0.2, 0.25) is 0 Å². The van der Waals surface area contributed by atoms with Gasteiger partial charge in [0.2, 0.25) is 0 Å². The Hall–Kier alpha value is -1.02. The molecule has 1 aromatic carbocycles. The van der Waals surface area contributed by atoms with E-state index in [2.05, 4.69) is 44.7 Å². The van der Waals surface area contributed by atoms with Crippen molar-refractivity contribution in [3.8, 4) is 0 Å². The maximum absolute atomic E-state index is 5.69. The van der Waals surface area contributed by atoms with E-state index in [1.165, 1.54) is 12.0 Å². The normalized spacial score (nSPS) is 12.1. The van der Waals surface area contributed by atoms with E-state index in [0.29, 0.717) is 5.41 Å². The molecular formula is C15H26N2. The molecule has 0 aliphatic rings. The molecule has 2 heteroatoms. The molecule has 2 nitrogen and oxygen atoms in total. The zero-order valence-electron chi connectivity index (χ0n) is 11.7. The van der Waals surface area contributed by atoms with Crippen LogP contribution in [0, 0.1) is 5.41 Å². The topological polar surface area (TPSA) is 29.3 Å². The van der Waals surface area contributed by atoms with Gasteiger partial charge in [0.25, 0.3) is 0 Å². The highest BCUT2D eigenvalue weighted by atomic mass is 15.1. The summed E-state index contributed by atoms with van der Waals surface area (Å²) < 4.78 is 0. The second-order valence-corrected chi connectivity index (χ2v) is 5.92. The highest BCUT2D eigenvalue weighted by Gasteiger charge is 2.12. The molecule has 2 N–H and O–H groups in total. The summed E-state index contributed by atoms with van der Waals surface area (Å²) in [6.45, 7) is 12.4. The van der Waals surface area contributed by atoms with Crippen molar-refractivity contribution in [2.75, 3.05) is 18.8 Å². The maximum atomic E-state index is 5.69. The van der Waals surface area contributed by atoms with Crippen LogP contribution in [0.4, 0.5) is 5.69 Å². The van der Waals surface area contributed by atoms with Gasteiger partial charge in [0, 0.05) is 12.2 Å². The average Bonchev–Trinajstić information content (AvgIpc) is 2.25. The van der Waals surface area contributed by atoms with Gasteiger partial charge in [-0.1, -0.05) is 39.8 Å². The average molecular weight is 234 g/mol. The molecule has 0 aliphatic carbocycles. The van der Waals surface area contributed by atoms with E-state index in [4.69, 9.17) is 5.73 Å². The summed E-state index contributed by atoms with van der Waals surface area (Å²) in [5, 5.41) is 0. The third kappa shape index (κ3) is 5.73. The predicted molar refractivity (Wildman–Crippen MR) is 75.9 cm³/mol. The summed E-state index contributed by atoms with van der Waals surface area (Å²) in [5.74, 6) is 0. The van der Waals surface area contributed by atoms with Gasteiger partial charge in [0.15, 0.2) is 0 Å². The fourth-order valence-electron chi connectivity index (χ4n) is 1.72. The molecule has 0 amide bonds. The Morgan fingerprint density at radius 3 is 2.18 bits per heavy atom. The largest absolute Gasteiger partial charge is 0.399 e. The molecule has 0 atom stereocenters. The summed E-state index contributed by atoms with van der Waals surface area (Å²) in [5.41, 5.74) is 8.29. The van der Waals surface area contributed by atoms with Crippen molar-refractivity contribution in [1.82, 2.24) is 4.90 Å². The number of anilines is 1. The molecule has 0 saturated carbocycles. The highest BCUT2D eigenvalue weighted by molar-refractivity contribution is 5.39. The second-order valence-electron chi connectivity index (χ2n) is 5.92. The Labute approximate surface area is 106 Å². The smallest absolute Gasteiger partial charge is 0.0314 e. The Balaban J connectivity index is 2.49. The number of nitrogens with zero attached hydrogens (tertiary/aromatic N) is 1. The van der Waals surface area contributed by atoms with E-state index >= 15 is 0 Å². The fraction of sp³-hybridized carbons (Fsp3) is 0.600. The molecule has 0 heterocycles. The van der Waals surface area contributed by atoms with E-state index in [0.717, 1.165) is 25.3 Å². The highest BCUT2D eigenvalue weighted by Crippen LogP contribution is 2.19. The minimum Gasteiger partial charge on any atom is -0.399 e. The van der Waals surface area contributed by atoms with Crippen LogP contribution in [0.1, 0.15) is 39.7 Å².